The first-order valence-corrected chi connectivity index (χ1v) is 7.85. The monoisotopic (exact) mass is 347 g/mol. The normalized spacial score (nSPS) is 19.3. The summed E-state index contributed by atoms with van der Waals surface area (Å²) >= 11 is 0. The van der Waals surface area contributed by atoms with Gasteiger partial charge in [-0.1, -0.05) is 6.07 Å². The molecule has 7 heteroatoms. The Morgan fingerprint density at radius 1 is 1.21 bits per heavy atom. The van der Waals surface area contributed by atoms with Gasteiger partial charge in [0.05, 0.1) is 11.6 Å². The second-order valence-electron chi connectivity index (χ2n) is 6.92. The van der Waals surface area contributed by atoms with Crippen LogP contribution in [0.15, 0.2) is 18.2 Å². The van der Waals surface area contributed by atoms with Gasteiger partial charge in [-0.15, -0.1) is 0 Å². The molecule has 1 unspecified atom stereocenters. The number of nitrogens with zero attached hydrogens (tertiary/aromatic N) is 1. The molecule has 1 amide bonds. The molecule has 0 N–H and O–H groups in total. The Balaban J connectivity index is 2.29. The molecule has 2 rings (SSSR count). The zero-order chi connectivity index (χ0) is 18.1. The van der Waals surface area contributed by atoms with Crippen molar-refractivity contribution in [3.63, 3.8) is 0 Å². The maximum Gasteiger partial charge on any atom is 0.416 e. The molecule has 0 spiro atoms. The summed E-state index contributed by atoms with van der Waals surface area (Å²) in [6.07, 6.45) is -3.17. The molecule has 1 fully saturated rings. The first-order valence-electron chi connectivity index (χ1n) is 7.85. The van der Waals surface area contributed by atoms with Crippen molar-refractivity contribution in [3.8, 4) is 0 Å². The van der Waals surface area contributed by atoms with Gasteiger partial charge in [0, 0.05) is 12.1 Å². The fraction of sp³-hybridized carbons (Fsp3) is 0.588. The summed E-state index contributed by atoms with van der Waals surface area (Å²) in [5.41, 5.74) is -1.64. The number of amides is 1. The Morgan fingerprint density at radius 3 is 2.42 bits per heavy atom. The van der Waals surface area contributed by atoms with Crippen LogP contribution in [-0.4, -0.2) is 23.1 Å². The van der Waals surface area contributed by atoms with Crippen molar-refractivity contribution in [2.45, 2.75) is 57.9 Å². The minimum Gasteiger partial charge on any atom is -0.444 e. The predicted octanol–water partition coefficient (Wildman–Crippen LogP) is 5.31. The minimum absolute atomic E-state index is 0.0913. The number of carbonyl (C=O) groups excluding carboxylic acids is 1. The second-order valence-corrected chi connectivity index (χ2v) is 6.92. The van der Waals surface area contributed by atoms with Crippen LogP contribution in [0.25, 0.3) is 0 Å². The van der Waals surface area contributed by atoms with E-state index in [1.165, 1.54) is 4.90 Å². The predicted molar refractivity (Wildman–Crippen MR) is 80.9 cm³/mol. The number of benzene rings is 1. The number of ether oxygens (including phenoxy) is 1. The molecular formula is C17H21F4NO2. The van der Waals surface area contributed by atoms with Crippen molar-refractivity contribution in [1.29, 1.82) is 0 Å². The Hall–Kier alpha value is -1.79. The van der Waals surface area contributed by atoms with Gasteiger partial charge in [0.15, 0.2) is 0 Å². The van der Waals surface area contributed by atoms with E-state index in [0.29, 0.717) is 19.0 Å². The largest absolute Gasteiger partial charge is 0.444 e. The summed E-state index contributed by atoms with van der Waals surface area (Å²) in [7, 11) is 0. The van der Waals surface area contributed by atoms with Crippen molar-refractivity contribution in [3.05, 3.63) is 35.1 Å². The third-order valence-corrected chi connectivity index (χ3v) is 3.82. The van der Waals surface area contributed by atoms with Gasteiger partial charge < -0.3 is 9.64 Å². The number of hydrogen-bond acceptors (Lipinski definition) is 2. The van der Waals surface area contributed by atoms with Gasteiger partial charge in [0.1, 0.15) is 11.4 Å². The summed E-state index contributed by atoms with van der Waals surface area (Å²) in [6, 6.07) is 1.83. The number of hydrogen-bond donors (Lipinski definition) is 0. The maximum absolute atomic E-state index is 14.3. The topological polar surface area (TPSA) is 29.5 Å². The van der Waals surface area contributed by atoms with E-state index in [2.05, 4.69) is 0 Å². The number of halogens is 4. The van der Waals surface area contributed by atoms with Gasteiger partial charge in [-0.3, -0.25) is 0 Å². The highest BCUT2D eigenvalue weighted by Gasteiger charge is 2.35. The second kappa shape index (κ2) is 6.61. The molecule has 0 bridgehead atoms. The lowest BCUT2D eigenvalue weighted by Gasteiger charge is -2.37. The van der Waals surface area contributed by atoms with Crippen LogP contribution in [0.1, 0.15) is 57.2 Å². The Bertz CT molecular complexity index is 608. The third kappa shape index (κ3) is 4.39. The van der Waals surface area contributed by atoms with Gasteiger partial charge >= 0.3 is 12.3 Å². The fourth-order valence-corrected chi connectivity index (χ4v) is 2.77. The highest BCUT2D eigenvalue weighted by molar-refractivity contribution is 5.69. The van der Waals surface area contributed by atoms with E-state index in [0.717, 1.165) is 25.0 Å². The van der Waals surface area contributed by atoms with Gasteiger partial charge in [0.2, 0.25) is 0 Å². The minimum atomic E-state index is -4.60. The average molecular weight is 347 g/mol. The molecule has 0 aliphatic carbocycles. The lowest BCUT2D eigenvalue weighted by atomic mass is 9.94. The first-order chi connectivity index (χ1) is 11.0. The van der Waals surface area contributed by atoms with Crippen molar-refractivity contribution in [2.24, 2.45) is 0 Å². The van der Waals surface area contributed by atoms with E-state index in [9.17, 15) is 22.4 Å². The molecule has 0 aromatic heterocycles. The molecule has 1 aliphatic heterocycles. The highest BCUT2D eigenvalue weighted by atomic mass is 19.4. The quantitative estimate of drug-likeness (QED) is 0.645. The van der Waals surface area contributed by atoms with Crippen LogP contribution in [0, 0.1) is 5.82 Å². The van der Waals surface area contributed by atoms with Crippen LogP contribution < -0.4 is 0 Å². The van der Waals surface area contributed by atoms with Crippen LogP contribution in [-0.2, 0) is 10.9 Å². The van der Waals surface area contributed by atoms with E-state index in [4.69, 9.17) is 4.74 Å². The smallest absolute Gasteiger partial charge is 0.416 e. The summed E-state index contributed by atoms with van der Waals surface area (Å²) in [5, 5.41) is 0. The van der Waals surface area contributed by atoms with Crippen LogP contribution >= 0.6 is 0 Å². The fourth-order valence-electron chi connectivity index (χ4n) is 2.77. The lowest BCUT2D eigenvalue weighted by molar-refractivity contribution is -0.137. The summed E-state index contributed by atoms with van der Waals surface area (Å²) in [6.45, 7) is 5.56. The SMILES string of the molecule is CC(C)(C)OC(=O)N1CCCCC1c1ccc(C(F)(F)F)cc1F. The number of alkyl halides is 3. The van der Waals surface area contributed by atoms with E-state index in [1.807, 2.05) is 0 Å². The molecular weight excluding hydrogens is 326 g/mol. The van der Waals surface area contributed by atoms with E-state index < -0.39 is 35.3 Å². The van der Waals surface area contributed by atoms with E-state index >= 15 is 0 Å². The van der Waals surface area contributed by atoms with Crippen molar-refractivity contribution in [2.75, 3.05) is 6.54 Å². The van der Waals surface area contributed by atoms with Crippen LogP contribution in [0.2, 0.25) is 0 Å². The molecule has 1 aromatic carbocycles. The zero-order valence-corrected chi connectivity index (χ0v) is 13.9. The Labute approximate surface area is 138 Å². The summed E-state index contributed by atoms with van der Waals surface area (Å²) in [4.78, 5) is 13.7. The van der Waals surface area contributed by atoms with Gasteiger partial charge in [-0.25, -0.2) is 9.18 Å². The molecule has 0 saturated carbocycles. The molecule has 1 aromatic rings. The molecule has 0 radical (unpaired) electrons. The highest BCUT2D eigenvalue weighted by Crippen LogP contribution is 2.36. The zero-order valence-electron chi connectivity index (χ0n) is 13.9. The number of rotatable bonds is 1. The molecule has 1 atom stereocenters. The summed E-state index contributed by atoms with van der Waals surface area (Å²) in [5.74, 6) is -0.953. The van der Waals surface area contributed by atoms with Crippen LogP contribution in [0.5, 0.6) is 0 Å². The van der Waals surface area contributed by atoms with Gasteiger partial charge in [-0.2, -0.15) is 13.2 Å². The molecule has 3 nitrogen and oxygen atoms in total. The Kier molecular flexibility index (Phi) is 5.11. The summed E-state index contributed by atoms with van der Waals surface area (Å²) < 4.78 is 57.6. The standard InChI is InChI=1S/C17H21F4NO2/c1-16(2,3)24-15(23)22-9-5-4-6-14(22)12-8-7-11(10-13(12)18)17(19,20)21/h7-8,10,14H,4-6,9H2,1-3H3. The average Bonchev–Trinajstić information content (AvgIpc) is 2.44. The molecule has 1 aliphatic rings. The van der Waals surface area contributed by atoms with Gasteiger partial charge in [-0.05, 0) is 52.2 Å². The van der Waals surface area contributed by atoms with Crippen LogP contribution in [0.3, 0.4) is 0 Å². The van der Waals surface area contributed by atoms with E-state index in [1.54, 1.807) is 20.8 Å². The maximum atomic E-state index is 14.3. The van der Waals surface area contributed by atoms with Crippen molar-refractivity contribution >= 4 is 6.09 Å². The Morgan fingerprint density at radius 2 is 1.88 bits per heavy atom. The number of piperidine rings is 1. The third-order valence-electron chi connectivity index (χ3n) is 3.82. The first kappa shape index (κ1) is 18.5. The lowest BCUT2D eigenvalue weighted by Crippen LogP contribution is -2.42. The van der Waals surface area contributed by atoms with Crippen molar-refractivity contribution < 1.29 is 27.1 Å². The molecule has 24 heavy (non-hydrogen) atoms. The van der Waals surface area contributed by atoms with Gasteiger partial charge in [0.25, 0.3) is 0 Å². The van der Waals surface area contributed by atoms with Crippen LogP contribution in [0.4, 0.5) is 22.4 Å². The number of likely N-dealkylation sites (tertiary alicyclic amines) is 1. The molecule has 134 valence electrons. The van der Waals surface area contributed by atoms with Crippen molar-refractivity contribution in [1.82, 2.24) is 4.90 Å². The number of carbonyl (C=O) groups is 1. The van der Waals surface area contributed by atoms with E-state index in [-0.39, 0.29) is 5.56 Å². The molecule has 1 heterocycles. The molecule has 1 saturated heterocycles.